The summed E-state index contributed by atoms with van der Waals surface area (Å²) in [5.74, 6) is 0.191. The number of hydrogen-bond acceptors (Lipinski definition) is 2. The summed E-state index contributed by atoms with van der Waals surface area (Å²) in [7, 11) is 1.85. The van der Waals surface area contributed by atoms with Gasteiger partial charge in [-0.3, -0.25) is 4.79 Å². The zero-order valence-electron chi connectivity index (χ0n) is 11.5. The van der Waals surface area contributed by atoms with Crippen molar-refractivity contribution < 1.29 is 4.79 Å². The molecule has 1 aromatic carbocycles. The number of carbonyl (C=O) groups excluding carboxylic acids is 1. The van der Waals surface area contributed by atoms with E-state index in [0.29, 0.717) is 13.0 Å². The van der Waals surface area contributed by atoms with Gasteiger partial charge in [0.25, 0.3) is 0 Å². The Hall–Kier alpha value is -1.32. The molecule has 2 aromatic rings. The van der Waals surface area contributed by atoms with Crippen LogP contribution in [0.1, 0.15) is 23.3 Å². The Morgan fingerprint density at radius 2 is 2.00 bits per heavy atom. The smallest absolute Gasteiger partial charge is 0.222 e. The highest BCUT2D eigenvalue weighted by molar-refractivity contribution is 7.09. The molecule has 2 rings (SSSR count). The molecular weight excluding hydrogens is 290 g/mol. The first-order valence-electron chi connectivity index (χ1n) is 6.66. The molecule has 0 spiro atoms. The van der Waals surface area contributed by atoms with Crippen LogP contribution in [-0.2, 0) is 17.8 Å². The molecular formula is C16H18ClNOS. The first kappa shape index (κ1) is 15.1. The van der Waals surface area contributed by atoms with Crippen molar-refractivity contribution in [1.82, 2.24) is 4.90 Å². The van der Waals surface area contributed by atoms with Gasteiger partial charge in [-0.05, 0) is 42.0 Å². The van der Waals surface area contributed by atoms with Gasteiger partial charge in [0.2, 0.25) is 5.91 Å². The van der Waals surface area contributed by atoms with Gasteiger partial charge in [0, 0.05) is 29.9 Å². The number of aryl methyl sites for hydroxylation is 1. The second kappa shape index (κ2) is 7.46. The molecule has 2 nitrogen and oxygen atoms in total. The fraction of sp³-hybridized carbons (Fsp3) is 0.312. The molecule has 1 heterocycles. The molecule has 0 N–H and O–H groups in total. The van der Waals surface area contributed by atoms with E-state index in [0.717, 1.165) is 23.4 Å². The molecule has 20 heavy (non-hydrogen) atoms. The summed E-state index contributed by atoms with van der Waals surface area (Å²) in [6.07, 6.45) is 2.49. The van der Waals surface area contributed by atoms with Gasteiger partial charge in [0.05, 0.1) is 0 Å². The quantitative estimate of drug-likeness (QED) is 0.775. The van der Waals surface area contributed by atoms with Crippen LogP contribution in [0, 0.1) is 0 Å². The van der Waals surface area contributed by atoms with Crippen LogP contribution in [-0.4, -0.2) is 17.9 Å². The standard InChI is InChI=1S/C16H18ClNOS/c1-18(12-13-7-9-14(17)10-8-13)16(19)6-2-4-15-5-3-11-20-15/h3,5,7-11H,2,4,6,12H2,1H3. The molecule has 0 saturated carbocycles. The molecule has 0 unspecified atom stereocenters. The zero-order chi connectivity index (χ0) is 14.4. The van der Waals surface area contributed by atoms with Crippen molar-refractivity contribution >= 4 is 28.8 Å². The van der Waals surface area contributed by atoms with Crippen LogP contribution in [0.2, 0.25) is 5.02 Å². The summed E-state index contributed by atoms with van der Waals surface area (Å²) in [5, 5.41) is 2.79. The number of halogens is 1. The third-order valence-electron chi connectivity index (χ3n) is 3.15. The Morgan fingerprint density at radius 1 is 1.25 bits per heavy atom. The second-order valence-corrected chi connectivity index (χ2v) is 6.28. The Balaban J connectivity index is 1.75. The third-order valence-corrected chi connectivity index (χ3v) is 4.34. The van der Waals surface area contributed by atoms with Crippen molar-refractivity contribution in [2.45, 2.75) is 25.8 Å². The van der Waals surface area contributed by atoms with Crippen molar-refractivity contribution in [2.75, 3.05) is 7.05 Å². The lowest BCUT2D eigenvalue weighted by atomic mass is 10.2. The highest BCUT2D eigenvalue weighted by Gasteiger charge is 2.09. The SMILES string of the molecule is CN(Cc1ccc(Cl)cc1)C(=O)CCCc1cccs1. The number of hydrogen-bond donors (Lipinski definition) is 0. The highest BCUT2D eigenvalue weighted by Crippen LogP contribution is 2.14. The third kappa shape index (κ3) is 4.66. The Kier molecular flexibility index (Phi) is 5.62. The minimum atomic E-state index is 0.191. The molecule has 4 heteroatoms. The summed E-state index contributed by atoms with van der Waals surface area (Å²) in [6, 6.07) is 11.8. The van der Waals surface area contributed by atoms with Crippen LogP contribution in [0.25, 0.3) is 0 Å². The summed E-state index contributed by atoms with van der Waals surface area (Å²) in [5.41, 5.74) is 1.10. The lowest BCUT2D eigenvalue weighted by Gasteiger charge is -2.17. The molecule has 0 fully saturated rings. The molecule has 0 aliphatic carbocycles. The van der Waals surface area contributed by atoms with Crippen LogP contribution in [0.4, 0.5) is 0 Å². The van der Waals surface area contributed by atoms with E-state index in [1.807, 2.05) is 31.3 Å². The molecule has 0 saturated heterocycles. The normalized spacial score (nSPS) is 10.5. The Morgan fingerprint density at radius 3 is 2.65 bits per heavy atom. The average molecular weight is 308 g/mol. The van der Waals surface area contributed by atoms with E-state index in [1.165, 1.54) is 4.88 Å². The molecule has 0 aliphatic rings. The van der Waals surface area contributed by atoms with Crippen molar-refractivity contribution in [3.8, 4) is 0 Å². The molecule has 0 bridgehead atoms. The van der Waals surface area contributed by atoms with Gasteiger partial charge in [0.1, 0.15) is 0 Å². The fourth-order valence-corrected chi connectivity index (χ4v) is 2.89. The van der Waals surface area contributed by atoms with Crippen LogP contribution in [0.3, 0.4) is 0 Å². The first-order chi connectivity index (χ1) is 9.65. The lowest BCUT2D eigenvalue weighted by molar-refractivity contribution is -0.130. The number of thiophene rings is 1. The maximum absolute atomic E-state index is 12.0. The van der Waals surface area contributed by atoms with E-state index >= 15 is 0 Å². The molecule has 1 aromatic heterocycles. The van der Waals surface area contributed by atoms with Crippen LogP contribution in [0.15, 0.2) is 41.8 Å². The predicted octanol–water partition coefficient (Wildman–Crippen LogP) is 4.38. The summed E-state index contributed by atoms with van der Waals surface area (Å²) in [4.78, 5) is 15.2. The van der Waals surface area contributed by atoms with E-state index in [-0.39, 0.29) is 5.91 Å². The monoisotopic (exact) mass is 307 g/mol. The summed E-state index contributed by atoms with van der Waals surface area (Å²) >= 11 is 7.60. The maximum Gasteiger partial charge on any atom is 0.222 e. The fourth-order valence-electron chi connectivity index (χ4n) is 2.01. The number of carbonyl (C=O) groups is 1. The van der Waals surface area contributed by atoms with Gasteiger partial charge in [-0.2, -0.15) is 0 Å². The van der Waals surface area contributed by atoms with E-state index in [9.17, 15) is 4.79 Å². The van der Waals surface area contributed by atoms with Crippen molar-refractivity contribution in [3.63, 3.8) is 0 Å². The number of rotatable bonds is 6. The van der Waals surface area contributed by atoms with Gasteiger partial charge in [-0.15, -0.1) is 11.3 Å². The molecule has 0 radical (unpaired) electrons. The minimum Gasteiger partial charge on any atom is -0.341 e. The van der Waals surface area contributed by atoms with E-state index in [1.54, 1.807) is 16.2 Å². The number of amides is 1. The molecule has 0 aliphatic heterocycles. The average Bonchev–Trinajstić information content (AvgIpc) is 2.94. The summed E-state index contributed by atoms with van der Waals surface area (Å²) < 4.78 is 0. The first-order valence-corrected chi connectivity index (χ1v) is 7.91. The topological polar surface area (TPSA) is 20.3 Å². The highest BCUT2D eigenvalue weighted by atomic mass is 35.5. The molecule has 106 valence electrons. The Labute approximate surface area is 129 Å². The van der Waals surface area contributed by atoms with Crippen LogP contribution >= 0.6 is 22.9 Å². The van der Waals surface area contributed by atoms with Gasteiger partial charge in [0.15, 0.2) is 0 Å². The van der Waals surface area contributed by atoms with Crippen molar-refractivity contribution in [2.24, 2.45) is 0 Å². The van der Waals surface area contributed by atoms with Crippen LogP contribution < -0.4 is 0 Å². The molecule has 1 amide bonds. The van der Waals surface area contributed by atoms with Gasteiger partial charge < -0.3 is 4.90 Å². The van der Waals surface area contributed by atoms with Gasteiger partial charge >= 0.3 is 0 Å². The van der Waals surface area contributed by atoms with Crippen LogP contribution in [0.5, 0.6) is 0 Å². The number of benzene rings is 1. The van der Waals surface area contributed by atoms with Crippen molar-refractivity contribution in [1.29, 1.82) is 0 Å². The second-order valence-electron chi connectivity index (χ2n) is 4.81. The predicted molar refractivity (Wildman–Crippen MR) is 85.2 cm³/mol. The lowest BCUT2D eigenvalue weighted by Crippen LogP contribution is -2.25. The zero-order valence-corrected chi connectivity index (χ0v) is 13.1. The van der Waals surface area contributed by atoms with Gasteiger partial charge in [-0.25, -0.2) is 0 Å². The van der Waals surface area contributed by atoms with Crippen molar-refractivity contribution in [3.05, 3.63) is 57.2 Å². The van der Waals surface area contributed by atoms with E-state index < -0.39 is 0 Å². The summed E-state index contributed by atoms with van der Waals surface area (Å²) in [6.45, 7) is 0.634. The minimum absolute atomic E-state index is 0.191. The van der Waals surface area contributed by atoms with E-state index in [2.05, 4.69) is 17.5 Å². The maximum atomic E-state index is 12.0. The molecule has 0 atom stereocenters. The Bertz CT molecular complexity index is 536. The number of nitrogens with zero attached hydrogens (tertiary/aromatic N) is 1. The van der Waals surface area contributed by atoms with Gasteiger partial charge in [-0.1, -0.05) is 29.8 Å². The van der Waals surface area contributed by atoms with E-state index in [4.69, 9.17) is 11.6 Å². The largest absolute Gasteiger partial charge is 0.341 e.